The Morgan fingerprint density at radius 2 is 1.86 bits per heavy atom. The van der Waals surface area contributed by atoms with Crippen LogP contribution in [-0.4, -0.2) is 26.4 Å². The van der Waals surface area contributed by atoms with Crippen LogP contribution in [0.15, 0.2) is 48.5 Å². The van der Waals surface area contributed by atoms with E-state index in [4.69, 9.17) is 14.2 Å². The summed E-state index contributed by atoms with van der Waals surface area (Å²) in [5, 5.41) is 2.09. The minimum absolute atomic E-state index is 0.00760. The number of para-hydroxylation sites is 1. The smallest absolute Gasteiger partial charge is 0.418 e. The van der Waals surface area contributed by atoms with Gasteiger partial charge in [0.1, 0.15) is 13.2 Å². The number of methoxy groups -OCH3 is 1. The highest BCUT2D eigenvalue weighted by atomic mass is 19.4. The molecule has 0 saturated heterocycles. The van der Waals surface area contributed by atoms with Crippen molar-refractivity contribution in [3.8, 4) is 11.5 Å². The van der Waals surface area contributed by atoms with E-state index in [1.165, 1.54) is 19.2 Å². The Bertz CT molecular complexity index is 834. The second kappa shape index (κ2) is 9.68. The van der Waals surface area contributed by atoms with Crippen molar-refractivity contribution in [3.63, 3.8) is 0 Å². The number of nitrogens with one attached hydrogen (secondary N) is 1. The van der Waals surface area contributed by atoms with E-state index in [0.29, 0.717) is 11.5 Å². The van der Waals surface area contributed by atoms with Crippen LogP contribution in [0.5, 0.6) is 11.5 Å². The van der Waals surface area contributed by atoms with E-state index in [9.17, 15) is 18.0 Å². The second-order valence-electron chi connectivity index (χ2n) is 5.56. The van der Waals surface area contributed by atoms with Gasteiger partial charge in [0, 0.05) is 0 Å². The molecule has 0 aliphatic carbocycles. The molecule has 2 rings (SSSR count). The Balaban J connectivity index is 1.87. The first kappa shape index (κ1) is 21.1. The molecule has 0 spiro atoms. The molecular weight excluding hydrogens is 375 g/mol. The lowest BCUT2D eigenvalue weighted by molar-refractivity contribution is -0.136. The molecule has 0 bridgehead atoms. The van der Waals surface area contributed by atoms with E-state index in [1.54, 1.807) is 12.1 Å². The number of hydrogen-bond acceptors (Lipinski definition) is 4. The fraction of sp³-hybridized carbons (Fsp3) is 0.250. The molecule has 0 fully saturated rings. The molecule has 8 heteroatoms. The van der Waals surface area contributed by atoms with Gasteiger partial charge in [-0.15, -0.1) is 0 Å². The van der Waals surface area contributed by atoms with Gasteiger partial charge in [-0.05, 0) is 36.8 Å². The van der Waals surface area contributed by atoms with Gasteiger partial charge in [-0.2, -0.15) is 13.2 Å². The lowest BCUT2D eigenvalue weighted by atomic mass is 10.2. The monoisotopic (exact) mass is 395 g/mol. The Morgan fingerprint density at radius 3 is 2.54 bits per heavy atom. The van der Waals surface area contributed by atoms with Gasteiger partial charge in [-0.1, -0.05) is 30.4 Å². The molecule has 0 aromatic heterocycles. The average Bonchev–Trinajstić information content (AvgIpc) is 2.65. The number of carbonyl (C=O) groups excluding carboxylic acids is 1. The zero-order valence-electron chi connectivity index (χ0n) is 15.4. The summed E-state index contributed by atoms with van der Waals surface area (Å²) in [6.45, 7) is 1.75. The van der Waals surface area contributed by atoms with Gasteiger partial charge in [0.25, 0.3) is 0 Å². The Labute approximate surface area is 160 Å². The van der Waals surface area contributed by atoms with E-state index in [-0.39, 0.29) is 18.9 Å². The maximum atomic E-state index is 12.9. The number of allylic oxidation sites excluding steroid dienone is 1. The van der Waals surface area contributed by atoms with E-state index >= 15 is 0 Å². The minimum atomic E-state index is -4.58. The second-order valence-corrected chi connectivity index (χ2v) is 5.56. The van der Waals surface area contributed by atoms with Crippen molar-refractivity contribution in [2.24, 2.45) is 0 Å². The summed E-state index contributed by atoms with van der Waals surface area (Å²) in [6.07, 6.45) is -1.80. The highest BCUT2D eigenvalue weighted by molar-refractivity contribution is 5.85. The summed E-state index contributed by atoms with van der Waals surface area (Å²) in [4.78, 5) is 11.8. The maximum Gasteiger partial charge on any atom is 0.418 e. The third-order valence-electron chi connectivity index (χ3n) is 3.59. The van der Waals surface area contributed by atoms with Crippen molar-refractivity contribution in [1.82, 2.24) is 0 Å². The molecule has 1 amide bonds. The van der Waals surface area contributed by atoms with Gasteiger partial charge in [-0.25, -0.2) is 4.79 Å². The maximum absolute atomic E-state index is 12.9. The molecule has 0 unspecified atom stereocenters. The largest absolute Gasteiger partial charge is 0.493 e. The highest BCUT2D eigenvalue weighted by Gasteiger charge is 2.33. The van der Waals surface area contributed by atoms with Crippen LogP contribution in [0.4, 0.5) is 23.7 Å². The van der Waals surface area contributed by atoms with Crippen LogP contribution in [0.25, 0.3) is 6.08 Å². The van der Waals surface area contributed by atoms with E-state index in [0.717, 1.165) is 17.7 Å². The zero-order chi connectivity index (χ0) is 20.6. The van der Waals surface area contributed by atoms with Crippen LogP contribution >= 0.6 is 0 Å². The first-order valence-electron chi connectivity index (χ1n) is 8.38. The fourth-order valence-electron chi connectivity index (χ4n) is 2.37. The van der Waals surface area contributed by atoms with E-state index < -0.39 is 17.8 Å². The topological polar surface area (TPSA) is 56.8 Å². The SMILES string of the molecule is C/C=C\c1ccc(OCCOC(=O)Nc2ccccc2C(F)(F)F)c(OC)c1. The van der Waals surface area contributed by atoms with Crippen LogP contribution in [0.2, 0.25) is 0 Å². The lowest BCUT2D eigenvalue weighted by Gasteiger charge is -2.14. The van der Waals surface area contributed by atoms with Crippen LogP contribution in [0.3, 0.4) is 0 Å². The van der Waals surface area contributed by atoms with Gasteiger partial charge in [0.05, 0.1) is 18.4 Å². The standard InChI is InChI=1S/C20H20F3NO4/c1-3-6-14-9-10-17(18(13-14)26-2)27-11-12-28-19(25)24-16-8-5-4-7-15(16)20(21,22)23/h3-10,13H,11-12H2,1-2H3,(H,24,25)/b6-3-. The molecule has 1 N–H and O–H groups in total. The molecule has 0 atom stereocenters. The van der Waals surface area contributed by atoms with Gasteiger partial charge in [0.2, 0.25) is 0 Å². The molecule has 5 nitrogen and oxygen atoms in total. The number of ether oxygens (including phenoxy) is 3. The van der Waals surface area contributed by atoms with Crippen molar-refractivity contribution in [2.75, 3.05) is 25.6 Å². The normalized spacial score (nSPS) is 11.3. The third-order valence-corrected chi connectivity index (χ3v) is 3.59. The molecule has 0 aliphatic rings. The Kier molecular flexibility index (Phi) is 7.31. The number of rotatable bonds is 7. The predicted molar refractivity (Wildman–Crippen MR) is 99.6 cm³/mol. The predicted octanol–water partition coefficient (Wildman–Crippen LogP) is 5.37. The van der Waals surface area contributed by atoms with Crippen LogP contribution in [0.1, 0.15) is 18.1 Å². The highest BCUT2D eigenvalue weighted by Crippen LogP contribution is 2.34. The molecule has 28 heavy (non-hydrogen) atoms. The summed E-state index contributed by atoms with van der Waals surface area (Å²) in [6, 6.07) is 9.99. The Hall–Kier alpha value is -3.16. The summed E-state index contributed by atoms with van der Waals surface area (Å²) >= 11 is 0. The summed E-state index contributed by atoms with van der Waals surface area (Å²) in [5.74, 6) is 0.973. The molecule has 2 aromatic carbocycles. The molecule has 150 valence electrons. The average molecular weight is 395 g/mol. The summed E-state index contributed by atoms with van der Waals surface area (Å²) in [7, 11) is 1.50. The van der Waals surface area contributed by atoms with E-state index in [1.807, 2.05) is 25.1 Å². The molecule has 0 radical (unpaired) electrons. The number of halogens is 3. The molecule has 0 aliphatic heterocycles. The molecule has 0 saturated carbocycles. The van der Waals surface area contributed by atoms with Crippen molar-refractivity contribution in [2.45, 2.75) is 13.1 Å². The van der Waals surface area contributed by atoms with Crippen molar-refractivity contribution in [3.05, 3.63) is 59.7 Å². The van der Waals surface area contributed by atoms with E-state index in [2.05, 4.69) is 5.32 Å². The molecule has 2 aromatic rings. The van der Waals surface area contributed by atoms with Crippen molar-refractivity contribution in [1.29, 1.82) is 0 Å². The molecular formula is C20H20F3NO4. The fourth-order valence-corrected chi connectivity index (χ4v) is 2.37. The first-order valence-corrected chi connectivity index (χ1v) is 8.38. The lowest BCUT2D eigenvalue weighted by Crippen LogP contribution is -2.20. The van der Waals surface area contributed by atoms with Gasteiger partial charge in [-0.3, -0.25) is 5.32 Å². The van der Waals surface area contributed by atoms with Crippen molar-refractivity contribution >= 4 is 17.9 Å². The summed E-state index contributed by atoms with van der Waals surface area (Å²) in [5.41, 5.74) is -0.387. The number of alkyl halides is 3. The summed E-state index contributed by atoms with van der Waals surface area (Å²) < 4.78 is 54.4. The Morgan fingerprint density at radius 1 is 1.11 bits per heavy atom. The number of amides is 1. The van der Waals surface area contributed by atoms with Crippen molar-refractivity contribution < 1.29 is 32.2 Å². The van der Waals surface area contributed by atoms with Crippen LogP contribution < -0.4 is 14.8 Å². The first-order chi connectivity index (χ1) is 13.3. The van der Waals surface area contributed by atoms with Crippen LogP contribution in [-0.2, 0) is 10.9 Å². The van der Waals surface area contributed by atoms with Gasteiger partial charge >= 0.3 is 12.3 Å². The quantitative estimate of drug-likeness (QED) is 0.640. The molecule has 0 heterocycles. The van der Waals surface area contributed by atoms with Crippen LogP contribution in [0, 0.1) is 0 Å². The minimum Gasteiger partial charge on any atom is -0.493 e. The van der Waals surface area contributed by atoms with Gasteiger partial charge < -0.3 is 14.2 Å². The number of hydrogen-bond donors (Lipinski definition) is 1. The number of benzene rings is 2. The zero-order valence-corrected chi connectivity index (χ0v) is 15.4. The number of anilines is 1. The third kappa shape index (κ3) is 5.94. The van der Waals surface area contributed by atoms with Gasteiger partial charge in [0.15, 0.2) is 11.5 Å². The number of carbonyl (C=O) groups is 1.